The molecule has 0 heterocycles. The van der Waals surface area contributed by atoms with E-state index in [-0.39, 0.29) is 30.3 Å². The van der Waals surface area contributed by atoms with Crippen LogP contribution >= 0.6 is 11.8 Å². The van der Waals surface area contributed by atoms with Gasteiger partial charge in [0, 0.05) is 10.9 Å². The number of nitrogens with one attached hydrogen (secondary N) is 1. The molecule has 2 rings (SSSR count). The van der Waals surface area contributed by atoms with E-state index < -0.39 is 0 Å². The topological polar surface area (TPSA) is 55.4 Å². The molecule has 1 fully saturated rings. The lowest BCUT2D eigenvalue weighted by atomic mass is 9.78. The number of ether oxygens (including phenoxy) is 1. The largest absolute Gasteiger partial charge is 0.455 e. The van der Waals surface area contributed by atoms with Crippen molar-refractivity contribution in [2.24, 2.45) is 11.8 Å². The van der Waals surface area contributed by atoms with Crippen molar-refractivity contribution in [3.63, 3.8) is 0 Å². The number of hydrogen-bond donors (Lipinski definition) is 1. The summed E-state index contributed by atoms with van der Waals surface area (Å²) in [6.45, 7) is 8.27. The van der Waals surface area contributed by atoms with Crippen molar-refractivity contribution < 1.29 is 14.3 Å². The van der Waals surface area contributed by atoms with Crippen LogP contribution in [0.25, 0.3) is 0 Å². The first-order valence-electron chi connectivity index (χ1n) is 9.02. The molecule has 0 unspecified atom stereocenters. The van der Waals surface area contributed by atoms with E-state index in [1.807, 2.05) is 19.9 Å². The van der Waals surface area contributed by atoms with Gasteiger partial charge in [0.25, 0.3) is 5.91 Å². The van der Waals surface area contributed by atoms with E-state index in [1.165, 1.54) is 18.2 Å². The van der Waals surface area contributed by atoms with Crippen molar-refractivity contribution in [3.05, 3.63) is 29.3 Å². The highest BCUT2D eigenvalue weighted by Gasteiger charge is 2.28. The van der Waals surface area contributed by atoms with E-state index in [0.717, 1.165) is 28.9 Å². The predicted octanol–water partition coefficient (Wildman–Crippen LogP) is 3.88. The highest BCUT2D eigenvalue weighted by molar-refractivity contribution is 8.00. The number of aryl methyl sites for hydroxylation is 2. The Kier molecular flexibility index (Phi) is 7.36. The molecule has 0 aliphatic heterocycles. The number of carbonyl (C=O) groups excluding carboxylic acids is 2. The first kappa shape index (κ1) is 19.8. The van der Waals surface area contributed by atoms with Gasteiger partial charge in [-0.05, 0) is 43.7 Å². The summed E-state index contributed by atoms with van der Waals surface area (Å²) < 4.78 is 5.13. The van der Waals surface area contributed by atoms with Crippen molar-refractivity contribution in [2.75, 3.05) is 12.4 Å². The van der Waals surface area contributed by atoms with Gasteiger partial charge in [0.05, 0.1) is 5.75 Å². The van der Waals surface area contributed by atoms with E-state index in [4.69, 9.17) is 4.74 Å². The molecule has 138 valence electrons. The Balaban J connectivity index is 1.72. The van der Waals surface area contributed by atoms with Gasteiger partial charge in [-0.25, -0.2) is 0 Å². The fraction of sp³-hybridized carbons (Fsp3) is 0.600. The average molecular weight is 364 g/mol. The molecule has 0 radical (unpaired) electrons. The number of rotatable bonds is 6. The van der Waals surface area contributed by atoms with Crippen LogP contribution in [0.15, 0.2) is 23.1 Å². The predicted molar refractivity (Wildman–Crippen MR) is 102 cm³/mol. The Hall–Kier alpha value is -1.49. The average Bonchev–Trinajstić information content (AvgIpc) is 2.58. The molecule has 4 nitrogen and oxygen atoms in total. The maximum Gasteiger partial charge on any atom is 0.316 e. The zero-order chi connectivity index (χ0) is 18.4. The Morgan fingerprint density at radius 1 is 1.24 bits per heavy atom. The lowest BCUT2D eigenvalue weighted by molar-refractivity contribution is -0.146. The van der Waals surface area contributed by atoms with E-state index in [1.54, 1.807) is 0 Å². The van der Waals surface area contributed by atoms with Crippen LogP contribution in [0.5, 0.6) is 0 Å². The van der Waals surface area contributed by atoms with Gasteiger partial charge < -0.3 is 10.1 Å². The monoisotopic (exact) mass is 363 g/mol. The van der Waals surface area contributed by atoms with E-state index in [9.17, 15) is 9.59 Å². The molecule has 25 heavy (non-hydrogen) atoms. The lowest BCUT2D eigenvalue weighted by Crippen LogP contribution is -2.45. The van der Waals surface area contributed by atoms with Gasteiger partial charge in [-0.1, -0.05) is 44.4 Å². The fourth-order valence-electron chi connectivity index (χ4n) is 3.22. The summed E-state index contributed by atoms with van der Waals surface area (Å²) in [5.41, 5.74) is 2.30. The molecule has 0 aromatic heterocycles. The van der Waals surface area contributed by atoms with Crippen LogP contribution in [-0.4, -0.2) is 30.3 Å². The summed E-state index contributed by atoms with van der Waals surface area (Å²) >= 11 is 1.45. The Morgan fingerprint density at radius 2 is 2.00 bits per heavy atom. The van der Waals surface area contributed by atoms with Crippen molar-refractivity contribution in [1.82, 2.24) is 5.32 Å². The molecule has 1 aromatic carbocycles. The van der Waals surface area contributed by atoms with Gasteiger partial charge in [-0.2, -0.15) is 0 Å². The van der Waals surface area contributed by atoms with Gasteiger partial charge in [-0.3, -0.25) is 9.59 Å². The standard InChI is InChI=1S/C20H29NO3S/c1-13-8-9-15(3)18(10-13)25-12-20(23)24-11-19(22)21-17-7-5-6-14(2)16(17)4/h8-10,14,16-17H,5-7,11-12H2,1-4H3,(H,21,22)/t14-,16+,17+/m0/s1. The summed E-state index contributed by atoms with van der Waals surface area (Å²) in [4.78, 5) is 25.0. The van der Waals surface area contributed by atoms with E-state index in [2.05, 4.69) is 31.3 Å². The zero-order valence-corrected chi connectivity index (χ0v) is 16.4. The third kappa shape index (κ3) is 6.07. The van der Waals surface area contributed by atoms with Crippen molar-refractivity contribution in [3.8, 4) is 0 Å². The number of amides is 1. The molecular weight excluding hydrogens is 334 g/mol. The SMILES string of the molecule is Cc1ccc(C)c(SCC(=O)OCC(=O)N[C@@H]2CCC[C@H](C)[C@H]2C)c1. The molecule has 1 amide bonds. The molecule has 5 heteroatoms. The summed E-state index contributed by atoms with van der Waals surface area (Å²) in [6.07, 6.45) is 3.37. The molecule has 0 spiro atoms. The second-order valence-electron chi connectivity index (χ2n) is 7.16. The van der Waals surface area contributed by atoms with Crippen LogP contribution in [0.4, 0.5) is 0 Å². The van der Waals surface area contributed by atoms with Crippen molar-refractivity contribution >= 4 is 23.6 Å². The van der Waals surface area contributed by atoms with Crippen LogP contribution in [0.2, 0.25) is 0 Å². The minimum absolute atomic E-state index is 0.191. The first-order valence-corrected chi connectivity index (χ1v) is 10.0. The number of thioether (sulfide) groups is 1. The van der Waals surface area contributed by atoms with Gasteiger partial charge in [0.2, 0.25) is 0 Å². The second-order valence-corrected chi connectivity index (χ2v) is 8.18. The minimum atomic E-state index is -0.355. The van der Waals surface area contributed by atoms with Crippen molar-refractivity contribution in [2.45, 2.75) is 57.9 Å². The highest BCUT2D eigenvalue weighted by Crippen LogP contribution is 2.29. The molecular formula is C20H29NO3S. The molecule has 1 aliphatic rings. The van der Waals surface area contributed by atoms with E-state index in [0.29, 0.717) is 11.8 Å². The molecule has 3 atom stereocenters. The van der Waals surface area contributed by atoms with Gasteiger partial charge in [0.1, 0.15) is 0 Å². The minimum Gasteiger partial charge on any atom is -0.455 e. The molecule has 0 saturated heterocycles. The number of benzene rings is 1. The third-order valence-electron chi connectivity index (χ3n) is 5.11. The third-order valence-corrected chi connectivity index (χ3v) is 6.24. The summed E-state index contributed by atoms with van der Waals surface area (Å²) in [6, 6.07) is 6.35. The normalized spacial score (nSPS) is 23.1. The fourth-order valence-corrected chi connectivity index (χ4v) is 4.14. The van der Waals surface area contributed by atoms with Gasteiger partial charge in [-0.15, -0.1) is 11.8 Å². The second kappa shape index (κ2) is 9.27. The summed E-state index contributed by atoms with van der Waals surface area (Å²) in [5, 5.41) is 3.02. The lowest BCUT2D eigenvalue weighted by Gasteiger charge is -2.34. The quantitative estimate of drug-likeness (QED) is 0.615. The van der Waals surface area contributed by atoms with Gasteiger partial charge in [0.15, 0.2) is 6.61 Å². The highest BCUT2D eigenvalue weighted by atomic mass is 32.2. The molecule has 1 N–H and O–H groups in total. The van der Waals surface area contributed by atoms with E-state index >= 15 is 0 Å². The number of hydrogen-bond acceptors (Lipinski definition) is 4. The Morgan fingerprint density at radius 3 is 2.76 bits per heavy atom. The Bertz CT molecular complexity index is 617. The smallest absolute Gasteiger partial charge is 0.316 e. The van der Waals surface area contributed by atoms with Crippen LogP contribution in [0.1, 0.15) is 44.2 Å². The molecule has 1 aromatic rings. The summed E-state index contributed by atoms with van der Waals surface area (Å²) in [7, 11) is 0. The van der Waals surface area contributed by atoms with Crippen LogP contribution in [0, 0.1) is 25.7 Å². The number of carbonyl (C=O) groups is 2. The molecule has 1 saturated carbocycles. The zero-order valence-electron chi connectivity index (χ0n) is 15.6. The molecule has 1 aliphatic carbocycles. The van der Waals surface area contributed by atoms with Crippen LogP contribution in [0.3, 0.4) is 0 Å². The van der Waals surface area contributed by atoms with Crippen LogP contribution < -0.4 is 5.32 Å². The summed E-state index contributed by atoms with van der Waals surface area (Å²) in [5.74, 6) is 0.750. The van der Waals surface area contributed by atoms with Crippen molar-refractivity contribution in [1.29, 1.82) is 0 Å². The molecule has 0 bridgehead atoms. The first-order chi connectivity index (χ1) is 11.9. The number of esters is 1. The maximum atomic E-state index is 12.0. The van der Waals surface area contributed by atoms with Crippen LogP contribution in [-0.2, 0) is 14.3 Å². The maximum absolute atomic E-state index is 12.0. The van der Waals surface area contributed by atoms with Gasteiger partial charge >= 0.3 is 5.97 Å². The Labute approximate surface area is 155 Å².